The van der Waals surface area contributed by atoms with E-state index in [0.29, 0.717) is 10.7 Å². The van der Waals surface area contributed by atoms with Crippen molar-refractivity contribution in [1.29, 1.82) is 0 Å². The predicted octanol–water partition coefficient (Wildman–Crippen LogP) is 4.26. The highest BCUT2D eigenvalue weighted by Gasteiger charge is 2.25. The van der Waals surface area contributed by atoms with Gasteiger partial charge in [0.25, 0.3) is 0 Å². The highest BCUT2D eigenvalue weighted by Crippen LogP contribution is 2.33. The van der Waals surface area contributed by atoms with E-state index in [1.54, 1.807) is 6.07 Å². The number of benzene rings is 1. The Hall–Kier alpha value is 0.460. The molecule has 1 saturated heterocycles. The van der Waals surface area contributed by atoms with E-state index >= 15 is 0 Å². The molecule has 0 aliphatic carbocycles. The topological polar surface area (TPSA) is 0 Å². The van der Waals surface area contributed by atoms with Gasteiger partial charge in [0.15, 0.2) is 0 Å². The standard InChI is InChI=1S/C11H11Br2FS/c12-10-4-9(14)2-1-7(10)3-8-5-15-6-11(8)13/h1-2,4,8,11H,3,5-6H2. The lowest BCUT2D eigenvalue weighted by molar-refractivity contribution is 0.606. The van der Waals surface area contributed by atoms with Crippen molar-refractivity contribution in [3.8, 4) is 0 Å². The Morgan fingerprint density at radius 3 is 2.80 bits per heavy atom. The van der Waals surface area contributed by atoms with E-state index < -0.39 is 0 Å². The summed E-state index contributed by atoms with van der Waals surface area (Å²) in [4.78, 5) is 0.597. The van der Waals surface area contributed by atoms with Gasteiger partial charge in [-0.2, -0.15) is 11.8 Å². The zero-order chi connectivity index (χ0) is 10.8. The van der Waals surface area contributed by atoms with Gasteiger partial charge >= 0.3 is 0 Å². The molecule has 0 nitrogen and oxygen atoms in total. The maximum atomic E-state index is 12.9. The molecule has 0 radical (unpaired) electrons. The molecule has 2 atom stereocenters. The van der Waals surface area contributed by atoms with Gasteiger partial charge in [0.05, 0.1) is 0 Å². The fourth-order valence-electron chi connectivity index (χ4n) is 1.73. The van der Waals surface area contributed by atoms with E-state index in [0.717, 1.165) is 10.9 Å². The molecule has 2 rings (SSSR count). The number of hydrogen-bond acceptors (Lipinski definition) is 1. The van der Waals surface area contributed by atoms with Crippen molar-refractivity contribution in [3.05, 3.63) is 34.1 Å². The van der Waals surface area contributed by atoms with Crippen molar-refractivity contribution in [2.24, 2.45) is 5.92 Å². The first kappa shape index (κ1) is 11.9. The molecule has 2 unspecified atom stereocenters. The molecule has 82 valence electrons. The minimum absolute atomic E-state index is 0.179. The lowest BCUT2D eigenvalue weighted by Gasteiger charge is -2.13. The third-order valence-electron chi connectivity index (χ3n) is 2.62. The fraction of sp³-hybridized carbons (Fsp3) is 0.455. The molecule has 0 aromatic heterocycles. The normalized spacial score (nSPS) is 25.8. The van der Waals surface area contributed by atoms with Crippen LogP contribution in [0.5, 0.6) is 0 Å². The molecular formula is C11H11Br2FS. The smallest absolute Gasteiger partial charge is 0.124 e. The molecule has 4 heteroatoms. The fourth-order valence-corrected chi connectivity index (χ4v) is 4.71. The van der Waals surface area contributed by atoms with Gasteiger partial charge in [0, 0.05) is 15.1 Å². The molecule has 1 aliphatic heterocycles. The van der Waals surface area contributed by atoms with Crippen LogP contribution in [0.3, 0.4) is 0 Å². The van der Waals surface area contributed by atoms with Gasteiger partial charge in [0.1, 0.15) is 5.82 Å². The van der Waals surface area contributed by atoms with Gasteiger partial charge in [-0.15, -0.1) is 0 Å². The molecule has 0 amide bonds. The zero-order valence-corrected chi connectivity index (χ0v) is 12.0. The quantitative estimate of drug-likeness (QED) is 0.716. The molecule has 0 N–H and O–H groups in total. The highest BCUT2D eigenvalue weighted by molar-refractivity contribution is 9.10. The van der Waals surface area contributed by atoms with Crippen LogP contribution in [0, 0.1) is 11.7 Å². The molecule has 0 saturated carbocycles. The van der Waals surface area contributed by atoms with E-state index in [1.165, 1.54) is 23.1 Å². The summed E-state index contributed by atoms with van der Waals surface area (Å²) in [6, 6.07) is 4.95. The Kier molecular flexibility index (Phi) is 4.13. The van der Waals surface area contributed by atoms with Crippen LogP contribution in [0.2, 0.25) is 0 Å². The first-order valence-electron chi connectivity index (χ1n) is 4.82. The Bertz CT molecular complexity index is 356. The minimum Gasteiger partial charge on any atom is -0.207 e. The minimum atomic E-state index is -0.179. The maximum absolute atomic E-state index is 12.9. The summed E-state index contributed by atoms with van der Waals surface area (Å²) >= 11 is 9.09. The van der Waals surface area contributed by atoms with Gasteiger partial charge in [-0.3, -0.25) is 0 Å². The summed E-state index contributed by atoms with van der Waals surface area (Å²) in [5.41, 5.74) is 1.20. The zero-order valence-electron chi connectivity index (χ0n) is 8.05. The average molecular weight is 354 g/mol. The summed E-state index contributed by atoms with van der Waals surface area (Å²) in [5, 5.41) is 0. The number of alkyl halides is 1. The van der Waals surface area contributed by atoms with Crippen LogP contribution in [0.25, 0.3) is 0 Å². The van der Waals surface area contributed by atoms with E-state index in [-0.39, 0.29) is 5.82 Å². The Morgan fingerprint density at radius 2 is 2.20 bits per heavy atom. The van der Waals surface area contributed by atoms with Gasteiger partial charge in [-0.05, 0) is 35.8 Å². The number of halogens is 3. The molecule has 15 heavy (non-hydrogen) atoms. The molecule has 1 aromatic carbocycles. The van der Waals surface area contributed by atoms with E-state index in [2.05, 4.69) is 31.9 Å². The molecule has 0 spiro atoms. The Labute approximate surface area is 110 Å². The first-order chi connectivity index (χ1) is 7.16. The Morgan fingerprint density at radius 1 is 1.40 bits per heavy atom. The van der Waals surface area contributed by atoms with Crippen molar-refractivity contribution < 1.29 is 4.39 Å². The van der Waals surface area contributed by atoms with Gasteiger partial charge in [-0.25, -0.2) is 4.39 Å². The van der Waals surface area contributed by atoms with Crippen LogP contribution in [0.1, 0.15) is 5.56 Å². The summed E-state index contributed by atoms with van der Waals surface area (Å²) in [7, 11) is 0. The molecule has 0 bridgehead atoms. The van der Waals surface area contributed by atoms with Gasteiger partial charge < -0.3 is 0 Å². The van der Waals surface area contributed by atoms with E-state index in [9.17, 15) is 4.39 Å². The molecule has 1 aromatic rings. The Balaban J connectivity index is 2.10. The van der Waals surface area contributed by atoms with Gasteiger partial charge in [0.2, 0.25) is 0 Å². The van der Waals surface area contributed by atoms with Crippen LogP contribution in [-0.2, 0) is 6.42 Å². The predicted molar refractivity (Wildman–Crippen MR) is 71.3 cm³/mol. The van der Waals surface area contributed by atoms with Crippen LogP contribution < -0.4 is 0 Å². The molecular weight excluding hydrogens is 343 g/mol. The van der Waals surface area contributed by atoms with Crippen molar-refractivity contribution in [2.45, 2.75) is 11.2 Å². The van der Waals surface area contributed by atoms with Crippen LogP contribution in [0.4, 0.5) is 4.39 Å². The third kappa shape index (κ3) is 2.98. The maximum Gasteiger partial charge on any atom is 0.124 e. The molecule has 1 aliphatic rings. The van der Waals surface area contributed by atoms with Crippen molar-refractivity contribution in [1.82, 2.24) is 0 Å². The van der Waals surface area contributed by atoms with Crippen molar-refractivity contribution >= 4 is 43.6 Å². The number of rotatable bonds is 2. The van der Waals surface area contributed by atoms with Gasteiger partial charge in [-0.1, -0.05) is 37.9 Å². The van der Waals surface area contributed by atoms with E-state index in [1.807, 2.05) is 17.8 Å². The second-order valence-corrected chi connectivity index (χ2v) is 6.86. The van der Waals surface area contributed by atoms with Crippen molar-refractivity contribution in [2.75, 3.05) is 11.5 Å². The van der Waals surface area contributed by atoms with E-state index in [4.69, 9.17) is 0 Å². The number of hydrogen-bond donors (Lipinski definition) is 0. The molecule has 1 heterocycles. The van der Waals surface area contributed by atoms with Crippen LogP contribution in [-0.4, -0.2) is 16.3 Å². The monoisotopic (exact) mass is 352 g/mol. The first-order valence-corrected chi connectivity index (χ1v) is 7.69. The average Bonchev–Trinajstić information content (AvgIpc) is 2.57. The van der Waals surface area contributed by atoms with Crippen molar-refractivity contribution in [3.63, 3.8) is 0 Å². The summed E-state index contributed by atoms with van der Waals surface area (Å²) in [6.07, 6.45) is 1.02. The summed E-state index contributed by atoms with van der Waals surface area (Å²) in [6.45, 7) is 0. The number of thioether (sulfide) groups is 1. The third-order valence-corrected chi connectivity index (χ3v) is 6.11. The van der Waals surface area contributed by atoms with Crippen LogP contribution >= 0.6 is 43.6 Å². The highest BCUT2D eigenvalue weighted by atomic mass is 79.9. The largest absolute Gasteiger partial charge is 0.207 e. The lowest BCUT2D eigenvalue weighted by atomic mass is 9.99. The molecule has 1 fully saturated rings. The second-order valence-electron chi connectivity index (χ2n) is 3.75. The summed E-state index contributed by atoms with van der Waals surface area (Å²) in [5.74, 6) is 2.86. The SMILES string of the molecule is Fc1ccc(CC2CSCC2Br)c(Br)c1. The summed E-state index contributed by atoms with van der Waals surface area (Å²) < 4.78 is 13.8. The van der Waals surface area contributed by atoms with Crippen LogP contribution in [0.15, 0.2) is 22.7 Å². The second kappa shape index (κ2) is 5.19. The lowest BCUT2D eigenvalue weighted by Crippen LogP contribution is -2.14.